The molecule has 0 unspecified atom stereocenters. The van der Waals surface area contributed by atoms with E-state index in [1.54, 1.807) is 0 Å². The van der Waals surface area contributed by atoms with Crippen molar-refractivity contribution in [2.45, 2.75) is 13.8 Å². The highest BCUT2D eigenvalue weighted by Crippen LogP contribution is 2.21. The molecule has 0 saturated heterocycles. The van der Waals surface area contributed by atoms with Crippen LogP contribution in [0.25, 0.3) is 0 Å². The summed E-state index contributed by atoms with van der Waals surface area (Å²) in [6.07, 6.45) is 0. The van der Waals surface area contributed by atoms with Crippen LogP contribution in [0.15, 0.2) is 12.1 Å². The molecule has 0 saturated carbocycles. The van der Waals surface area contributed by atoms with Crippen LogP contribution in [-0.2, 0) is 0 Å². The molecule has 12 heavy (non-hydrogen) atoms. The molecule has 0 amide bonds. The zero-order valence-electron chi connectivity index (χ0n) is 7.02. The molecule has 1 aromatic rings. The van der Waals surface area contributed by atoms with Gasteiger partial charge in [0.15, 0.2) is 5.78 Å². The molecule has 0 aliphatic carbocycles. The molecule has 2 nitrogen and oxygen atoms in total. The normalized spacial score (nSPS) is 9.92. The first kappa shape index (κ1) is 9.51. The number of Topliss-reactive ketones (excluding diaryl/α,β-unsaturated/α-hetero) is 1. The molecule has 64 valence electrons. The van der Waals surface area contributed by atoms with Crippen molar-refractivity contribution in [1.82, 2.24) is 0 Å². The Balaban J connectivity index is 3.38. The van der Waals surface area contributed by atoms with E-state index in [1.165, 1.54) is 6.92 Å². The minimum atomic E-state index is 0.0249. The number of anilines is 1. The first-order valence-electron chi connectivity index (χ1n) is 3.59. The third-order valence-electron chi connectivity index (χ3n) is 1.62. The van der Waals surface area contributed by atoms with E-state index in [9.17, 15) is 4.79 Å². The maximum absolute atomic E-state index is 11.1. The molecule has 0 aliphatic heterocycles. The van der Waals surface area contributed by atoms with Gasteiger partial charge in [-0.3, -0.25) is 4.79 Å². The second kappa shape index (κ2) is 3.43. The topological polar surface area (TPSA) is 43.1 Å². The molecular formula is C9H10INO. The zero-order chi connectivity index (χ0) is 9.30. The highest BCUT2D eigenvalue weighted by atomic mass is 127. The number of rotatable bonds is 1. The van der Waals surface area contributed by atoms with Crippen LogP contribution in [0.4, 0.5) is 5.69 Å². The molecule has 2 N–H and O–H groups in total. The maximum atomic E-state index is 11.1. The minimum Gasteiger partial charge on any atom is -0.398 e. The van der Waals surface area contributed by atoms with Crippen LogP contribution in [0.3, 0.4) is 0 Å². The van der Waals surface area contributed by atoms with Gasteiger partial charge in [-0.05, 0) is 54.1 Å². The number of hydrogen-bond acceptors (Lipinski definition) is 2. The van der Waals surface area contributed by atoms with Crippen LogP contribution in [0.5, 0.6) is 0 Å². The number of carbonyl (C=O) groups excluding carboxylic acids is 1. The molecule has 0 fully saturated rings. The predicted molar refractivity (Wildman–Crippen MR) is 58.3 cm³/mol. The number of carbonyl (C=O) groups is 1. The third kappa shape index (κ3) is 1.77. The van der Waals surface area contributed by atoms with Crippen molar-refractivity contribution in [3.05, 3.63) is 26.8 Å². The van der Waals surface area contributed by atoms with Crippen LogP contribution in [0.1, 0.15) is 22.8 Å². The van der Waals surface area contributed by atoms with Crippen molar-refractivity contribution in [3.63, 3.8) is 0 Å². The van der Waals surface area contributed by atoms with Gasteiger partial charge in [0.05, 0.1) is 5.56 Å². The Kier molecular flexibility index (Phi) is 2.72. The largest absolute Gasteiger partial charge is 0.398 e. The summed E-state index contributed by atoms with van der Waals surface area (Å²) in [5.74, 6) is 0.0249. The van der Waals surface area contributed by atoms with Gasteiger partial charge in [0.1, 0.15) is 0 Å². The summed E-state index contributed by atoms with van der Waals surface area (Å²) in [7, 11) is 0. The maximum Gasteiger partial charge on any atom is 0.162 e. The Morgan fingerprint density at radius 3 is 2.50 bits per heavy atom. The van der Waals surface area contributed by atoms with Crippen molar-refractivity contribution >= 4 is 34.1 Å². The number of hydrogen-bond donors (Lipinski definition) is 1. The fourth-order valence-electron chi connectivity index (χ4n) is 1.14. The SMILES string of the molecule is CC(=O)c1c(N)cc(C)cc1I. The van der Waals surface area contributed by atoms with E-state index < -0.39 is 0 Å². The van der Waals surface area contributed by atoms with Crippen LogP contribution < -0.4 is 5.73 Å². The lowest BCUT2D eigenvalue weighted by atomic mass is 10.1. The van der Waals surface area contributed by atoms with Gasteiger partial charge in [0, 0.05) is 9.26 Å². The molecule has 0 aliphatic rings. The van der Waals surface area contributed by atoms with Gasteiger partial charge in [0.25, 0.3) is 0 Å². The average molecular weight is 275 g/mol. The fourth-order valence-corrected chi connectivity index (χ4v) is 2.32. The molecule has 1 aromatic carbocycles. The van der Waals surface area contributed by atoms with Crippen molar-refractivity contribution < 1.29 is 4.79 Å². The van der Waals surface area contributed by atoms with Gasteiger partial charge in [-0.2, -0.15) is 0 Å². The number of benzene rings is 1. The fraction of sp³-hybridized carbons (Fsp3) is 0.222. The molecule has 0 radical (unpaired) electrons. The van der Waals surface area contributed by atoms with E-state index in [1.807, 2.05) is 19.1 Å². The molecule has 0 bridgehead atoms. The molecular weight excluding hydrogens is 265 g/mol. The molecule has 0 aromatic heterocycles. The highest BCUT2D eigenvalue weighted by molar-refractivity contribution is 14.1. The molecule has 3 heteroatoms. The Morgan fingerprint density at radius 2 is 2.08 bits per heavy atom. The first-order chi connectivity index (χ1) is 5.52. The lowest BCUT2D eigenvalue weighted by molar-refractivity contribution is 0.101. The number of halogens is 1. The van der Waals surface area contributed by atoms with E-state index in [0.29, 0.717) is 11.3 Å². The predicted octanol–water partition coefficient (Wildman–Crippen LogP) is 2.38. The average Bonchev–Trinajstić information content (AvgIpc) is 1.82. The summed E-state index contributed by atoms with van der Waals surface area (Å²) >= 11 is 2.13. The summed E-state index contributed by atoms with van der Waals surface area (Å²) in [6.45, 7) is 3.49. The number of nitrogens with two attached hydrogens (primary N) is 1. The summed E-state index contributed by atoms with van der Waals surface area (Å²) in [6, 6.07) is 3.77. The molecule has 0 heterocycles. The van der Waals surface area contributed by atoms with Crippen molar-refractivity contribution in [3.8, 4) is 0 Å². The van der Waals surface area contributed by atoms with Crippen molar-refractivity contribution in [2.24, 2.45) is 0 Å². The molecule has 0 spiro atoms. The van der Waals surface area contributed by atoms with E-state index in [-0.39, 0.29) is 5.78 Å². The van der Waals surface area contributed by atoms with Crippen molar-refractivity contribution in [2.75, 3.05) is 5.73 Å². The number of nitrogen functional groups attached to an aromatic ring is 1. The molecule has 1 rings (SSSR count). The van der Waals surface area contributed by atoms with Gasteiger partial charge in [0.2, 0.25) is 0 Å². The van der Waals surface area contributed by atoms with E-state index in [2.05, 4.69) is 22.6 Å². The van der Waals surface area contributed by atoms with Gasteiger partial charge in [-0.25, -0.2) is 0 Å². The summed E-state index contributed by atoms with van der Waals surface area (Å²) < 4.78 is 0.928. The first-order valence-corrected chi connectivity index (χ1v) is 4.67. The van der Waals surface area contributed by atoms with Gasteiger partial charge < -0.3 is 5.73 Å². The monoisotopic (exact) mass is 275 g/mol. The van der Waals surface area contributed by atoms with Gasteiger partial charge >= 0.3 is 0 Å². The van der Waals surface area contributed by atoms with Crippen LogP contribution >= 0.6 is 22.6 Å². The van der Waals surface area contributed by atoms with E-state index >= 15 is 0 Å². The minimum absolute atomic E-state index is 0.0249. The van der Waals surface area contributed by atoms with Gasteiger partial charge in [-0.15, -0.1) is 0 Å². The molecule has 0 atom stereocenters. The third-order valence-corrected chi connectivity index (χ3v) is 2.47. The van der Waals surface area contributed by atoms with E-state index in [4.69, 9.17) is 5.73 Å². The number of ketones is 1. The van der Waals surface area contributed by atoms with Crippen molar-refractivity contribution in [1.29, 1.82) is 0 Å². The van der Waals surface area contributed by atoms with Crippen LogP contribution in [0, 0.1) is 10.5 Å². The van der Waals surface area contributed by atoms with Gasteiger partial charge in [-0.1, -0.05) is 0 Å². The Labute approximate surface area is 85.3 Å². The quantitative estimate of drug-likeness (QED) is 0.486. The van der Waals surface area contributed by atoms with Crippen LogP contribution in [-0.4, -0.2) is 5.78 Å². The Morgan fingerprint density at radius 1 is 1.50 bits per heavy atom. The zero-order valence-corrected chi connectivity index (χ0v) is 9.18. The lowest BCUT2D eigenvalue weighted by Gasteiger charge is -2.05. The Hall–Kier alpha value is -0.580. The summed E-state index contributed by atoms with van der Waals surface area (Å²) in [5.41, 5.74) is 8.00. The lowest BCUT2D eigenvalue weighted by Crippen LogP contribution is -2.02. The second-order valence-electron chi connectivity index (χ2n) is 2.77. The summed E-state index contributed by atoms with van der Waals surface area (Å²) in [5, 5.41) is 0. The standard InChI is InChI=1S/C9H10INO/c1-5-3-7(10)9(6(2)12)8(11)4-5/h3-4H,11H2,1-2H3. The van der Waals surface area contributed by atoms with Crippen LogP contribution in [0.2, 0.25) is 0 Å². The highest BCUT2D eigenvalue weighted by Gasteiger charge is 2.09. The Bertz CT molecular complexity index is 310. The van der Waals surface area contributed by atoms with E-state index in [0.717, 1.165) is 9.13 Å². The summed E-state index contributed by atoms with van der Waals surface area (Å²) in [4.78, 5) is 11.1. The smallest absolute Gasteiger partial charge is 0.162 e. The number of aryl methyl sites for hydroxylation is 1. The second-order valence-corrected chi connectivity index (χ2v) is 3.93.